The second-order valence-electron chi connectivity index (χ2n) is 7.57. The van der Waals surface area contributed by atoms with Gasteiger partial charge >= 0.3 is 23.9 Å². The topological polar surface area (TPSA) is 220 Å². The highest BCUT2D eigenvalue weighted by Gasteiger charge is 2.28. The minimum Gasteiger partial charge on any atom is -0.480 e. The summed E-state index contributed by atoms with van der Waals surface area (Å²) in [5, 5.41) is 35.9. The van der Waals surface area contributed by atoms with Gasteiger partial charge in [-0.05, 0) is 24.1 Å². The van der Waals surface area contributed by atoms with E-state index in [1.54, 1.807) is 0 Å². The fraction of sp³-hybridized carbons (Fsp3) is 0.455. The molecule has 1 rings (SSSR count). The number of nitrogens with one attached hydrogen (secondary N) is 4. The molecule has 1 atom stereocenters. The third-order valence-corrected chi connectivity index (χ3v) is 4.61. The lowest BCUT2D eigenvalue weighted by molar-refractivity contribution is -0.159. The molecule has 1 aromatic rings. The van der Waals surface area contributed by atoms with Crippen molar-refractivity contribution in [3.63, 3.8) is 0 Å². The number of benzene rings is 1. The predicted molar refractivity (Wildman–Crippen MR) is 123 cm³/mol. The van der Waals surface area contributed by atoms with Gasteiger partial charge in [-0.3, -0.25) is 14.4 Å². The maximum Gasteiger partial charge on any atom is 0.356 e. The van der Waals surface area contributed by atoms with Crippen molar-refractivity contribution in [2.45, 2.75) is 44.8 Å². The highest BCUT2D eigenvalue weighted by Crippen LogP contribution is 2.15. The van der Waals surface area contributed by atoms with Gasteiger partial charge in [0.25, 0.3) is 6.10 Å². The Morgan fingerprint density at radius 2 is 1.50 bits per heavy atom. The van der Waals surface area contributed by atoms with Crippen LogP contribution in [-0.4, -0.2) is 82.9 Å². The van der Waals surface area contributed by atoms with Crippen molar-refractivity contribution in [2.75, 3.05) is 19.6 Å². The molecule has 0 bridgehead atoms. The predicted octanol–water partition coefficient (Wildman–Crippen LogP) is -0.679. The molecule has 0 radical (unpaired) electrons. The van der Waals surface area contributed by atoms with E-state index in [0.29, 0.717) is 12.1 Å². The van der Waals surface area contributed by atoms with E-state index in [2.05, 4.69) is 21.3 Å². The smallest absolute Gasteiger partial charge is 0.356 e. The van der Waals surface area contributed by atoms with Gasteiger partial charge in [0.1, 0.15) is 18.3 Å². The Bertz CT molecular complexity index is 921. The molecule has 14 nitrogen and oxygen atoms in total. The molecule has 0 saturated heterocycles. The third-order valence-electron chi connectivity index (χ3n) is 4.61. The lowest BCUT2D eigenvalue weighted by Crippen LogP contribution is -2.52. The highest BCUT2D eigenvalue weighted by atomic mass is 16.5. The molecule has 0 heterocycles. The van der Waals surface area contributed by atoms with Crippen LogP contribution in [-0.2, 0) is 30.4 Å². The van der Waals surface area contributed by atoms with E-state index in [9.17, 15) is 28.8 Å². The Balaban J connectivity index is 2.82. The first-order valence-electron chi connectivity index (χ1n) is 11.0. The van der Waals surface area contributed by atoms with Crippen LogP contribution in [0.5, 0.6) is 5.75 Å². The van der Waals surface area contributed by atoms with Crippen molar-refractivity contribution >= 4 is 35.8 Å². The van der Waals surface area contributed by atoms with Gasteiger partial charge in [-0.25, -0.2) is 14.4 Å². The van der Waals surface area contributed by atoms with Crippen LogP contribution in [0.1, 0.15) is 31.7 Å². The molecule has 0 saturated carbocycles. The fourth-order valence-electron chi connectivity index (χ4n) is 2.81. The third kappa shape index (κ3) is 11.7. The zero-order valence-corrected chi connectivity index (χ0v) is 19.6. The van der Waals surface area contributed by atoms with Gasteiger partial charge < -0.3 is 41.3 Å². The van der Waals surface area contributed by atoms with Crippen molar-refractivity contribution in [2.24, 2.45) is 0 Å². The van der Waals surface area contributed by atoms with Gasteiger partial charge in [0.05, 0.1) is 6.54 Å². The second-order valence-corrected chi connectivity index (χ2v) is 7.57. The number of carbonyl (C=O) groups is 6. The number of ether oxygens (including phenoxy) is 1. The molecule has 1 aromatic carbocycles. The fourth-order valence-corrected chi connectivity index (χ4v) is 2.81. The van der Waals surface area contributed by atoms with Crippen molar-refractivity contribution in [1.29, 1.82) is 0 Å². The SMILES string of the molecule is CCCCCNC(=O)[C@H](Cc1ccc(OC(C(=O)O)C(=O)O)cc1)NC(=O)NCC(=O)NCC(=O)O. The number of hydrogen-bond donors (Lipinski definition) is 7. The van der Waals surface area contributed by atoms with Crippen molar-refractivity contribution in [3.8, 4) is 5.75 Å². The number of aliphatic carboxylic acids is 3. The van der Waals surface area contributed by atoms with Crippen LogP contribution in [0.3, 0.4) is 0 Å². The van der Waals surface area contributed by atoms with Gasteiger partial charge in [0, 0.05) is 13.0 Å². The Morgan fingerprint density at radius 1 is 0.861 bits per heavy atom. The molecule has 36 heavy (non-hydrogen) atoms. The molecular weight excluding hydrogens is 480 g/mol. The number of rotatable bonds is 16. The first kappa shape index (κ1) is 29.7. The number of carboxylic acids is 3. The molecule has 198 valence electrons. The molecule has 0 spiro atoms. The van der Waals surface area contributed by atoms with Gasteiger partial charge in [0.2, 0.25) is 11.8 Å². The minimum absolute atomic E-state index is 0.0137. The molecule has 0 aliphatic rings. The Labute approximate surface area is 206 Å². The van der Waals surface area contributed by atoms with Crippen LogP contribution < -0.4 is 26.0 Å². The van der Waals surface area contributed by atoms with Gasteiger partial charge in [-0.15, -0.1) is 0 Å². The summed E-state index contributed by atoms with van der Waals surface area (Å²) in [5.41, 5.74) is 0.540. The van der Waals surface area contributed by atoms with E-state index in [1.807, 2.05) is 6.92 Å². The lowest BCUT2D eigenvalue weighted by Gasteiger charge is -2.19. The Hall–Kier alpha value is -4.36. The van der Waals surface area contributed by atoms with Crippen LogP contribution in [0.2, 0.25) is 0 Å². The number of urea groups is 1. The molecule has 0 aliphatic heterocycles. The summed E-state index contributed by atoms with van der Waals surface area (Å²) in [6.07, 6.45) is 0.517. The van der Waals surface area contributed by atoms with Crippen LogP contribution >= 0.6 is 0 Å². The van der Waals surface area contributed by atoms with E-state index in [0.717, 1.165) is 19.3 Å². The van der Waals surface area contributed by atoms with Gasteiger partial charge in [0.15, 0.2) is 0 Å². The molecule has 4 amide bonds. The maximum atomic E-state index is 12.7. The van der Waals surface area contributed by atoms with Gasteiger partial charge in [-0.1, -0.05) is 31.9 Å². The Kier molecular flexibility index (Phi) is 12.8. The van der Waals surface area contributed by atoms with Gasteiger partial charge in [-0.2, -0.15) is 0 Å². The summed E-state index contributed by atoms with van der Waals surface area (Å²) in [5.74, 6) is -5.81. The standard InChI is InChI=1S/C22H30N4O10/c1-2-3-4-9-23-19(30)15(26-22(35)25-11-16(27)24-12-17(28)29)10-13-5-7-14(8-6-13)36-18(20(31)32)21(33)34/h5-8,15,18H,2-4,9-12H2,1H3,(H,23,30)(H,24,27)(H,28,29)(H,31,32)(H,33,34)(H2,25,26,35)/t15-/m0/s1. The van der Waals surface area contributed by atoms with E-state index in [4.69, 9.17) is 20.1 Å². The summed E-state index contributed by atoms with van der Waals surface area (Å²) in [4.78, 5) is 68.9. The summed E-state index contributed by atoms with van der Waals surface area (Å²) in [7, 11) is 0. The normalized spacial score (nSPS) is 11.2. The van der Waals surface area contributed by atoms with Crippen molar-refractivity contribution in [3.05, 3.63) is 29.8 Å². The van der Waals surface area contributed by atoms with Crippen molar-refractivity contribution < 1.29 is 48.8 Å². The first-order chi connectivity index (χ1) is 17.0. The van der Waals surface area contributed by atoms with Crippen LogP contribution in [0.15, 0.2) is 24.3 Å². The molecule has 7 N–H and O–H groups in total. The van der Waals surface area contributed by atoms with Crippen molar-refractivity contribution in [1.82, 2.24) is 21.3 Å². The zero-order valence-electron chi connectivity index (χ0n) is 19.6. The average Bonchev–Trinajstić information content (AvgIpc) is 2.82. The lowest BCUT2D eigenvalue weighted by atomic mass is 10.0. The van der Waals surface area contributed by atoms with E-state index in [-0.39, 0.29) is 12.2 Å². The molecule has 14 heteroatoms. The first-order valence-corrected chi connectivity index (χ1v) is 11.0. The van der Waals surface area contributed by atoms with Crippen LogP contribution in [0.4, 0.5) is 4.79 Å². The molecule has 0 aliphatic carbocycles. The molecule has 0 unspecified atom stereocenters. The molecule has 0 fully saturated rings. The van der Waals surface area contributed by atoms with E-state index < -0.39 is 61.0 Å². The number of unbranched alkanes of at least 4 members (excludes halogenated alkanes) is 2. The van der Waals surface area contributed by atoms with E-state index >= 15 is 0 Å². The quantitative estimate of drug-likeness (QED) is 0.110. The summed E-state index contributed by atoms with van der Waals surface area (Å²) in [6, 6.07) is 3.74. The summed E-state index contributed by atoms with van der Waals surface area (Å²) < 4.78 is 4.94. The molecule has 0 aromatic heterocycles. The highest BCUT2D eigenvalue weighted by molar-refractivity contribution is 5.96. The Morgan fingerprint density at radius 3 is 2.06 bits per heavy atom. The number of carboxylic acid groups (broad SMARTS) is 3. The monoisotopic (exact) mass is 510 g/mol. The largest absolute Gasteiger partial charge is 0.480 e. The number of amides is 4. The van der Waals surface area contributed by atoms with Crippen LogP contribution in [0.25, 0.3) is 0 Å². The number of hydrogen-bond acceptors (Lipinski definition) is 7. The van der Waals surface area contributed by atoms with E-state index in [1.165, 1.54) is 24.3 Å². The summed E-state index contributed by atoms with van der Waals surface area (Å²) >= 11 is 0. The second kappa shape index (κ2) is 15.5. The zero-order chi connectivity index (χ0) is 27.1. The van der Waals surface area contributed by atoms with Crippen LogP contribution in [0, 0.1) is 0 Å². The molecular formula is C22H30N4O10. The summed E-state index contributed by atoms with van der Waals surface area (Å²) in [6.45, 7) is 1.28. The number of carbonyl (C=O) groups excluding carboxylic acids is 3. The maximum absolute atomic E-state index is 12.7. The average molecular weight is 511 g/mol. The minimum atomic E-state index is -2.09.